The molecule has 0 atom stereocenters. The van der Waals surface area contributed by atoms with Crippen molar-refractivity contribution in [1.82, 2.24) is 15.2 Å². The van der Waals surface area contributed by atoms with Gasteiger partial charge in [-0.3, -0.25) is 14.5 Å². The van der Waals surface area contributed by atoms with Crippen molar-refractivity contribution in [1.29, 1.82) is 0 Å². The van der Waals surface area contributed by atoms with E-state index in [0.717, 1.165) is 87.8 Å². The molecule has 2 saturated heterocycles. The summed E-state index contributed by atoms with van der Waals surface area (Å²) in [6, 6.07) is 13.2. The normalized spacial score (nSPS) is 16.3. The monoisotopic (exact) mass is 582 g/mol. The van der Waals surface area contributed by atoms with Crippen molar-refractivity contribution < 1.29 is 14.3 Å². The molecule has 3 aromatic rings. The molecule has 3 heterocycles. The Morgan fingerprint density at radius 1 is 1.00 bits per heavy atom. The minimum Gasteiger partial charge on any atom is -0.381 e. The molecule has 0 spiro atoms. The van der Waals surface area contributed by atoms with Crippen molar-refractivity contribution in [2.45, 2.75) is 59.7 Å². The number of hydrogen-bond donors (Lipinski definition) is 2. The second-order valence-electron chi connectivity index (χ2n) is 11.7. The van der Waals surface area contributed by atoms with Gasteiger partial charge in [-0.15, -0.1) is 0 Å². The Bertz CT molecular complexity index is 1490. The lowest BCUT2D eigenvalue weighted by molar-refractivity contribution is 0.0342. The molecule has 0 bridgehead atoms. The van der Waals surface area contributed by atoms with Crippen LogP contribution in [0.1, 0.15) is 58.1 Å². The highest BCUT2D eigenvalue weighted by Gasteiger charge is 2.25. The number of rotatable bonds is 9. The van der Waals surface area contributed by atoms with Gasteiger partial charge >= 0.3 is 0 Å². The number of benzene rings is 2. The highest BCUT2D eigenvalue weighted by molar-refractivity contribution is 6.34. The number of nitrogens with one attached hydrogen (secondary N) is 2. The standard InChI is InChI=1S/C34H43BN4O4/c1-5-39(28-10-14-42-15-11-28)31-19-27(26-8-6-25(7-9-26)21-38-12-16-43-17-13-38)18-29(22(31)2)33(40)36-20-30-23(3)32(35)24(4)37-34(30)41/h6-9,18-19,28H,5,10-17,20-21H2,1-4H3,(H,36,40)(H,37,41). The Kier molecular flexibility index (Phi) is 10.1. The Morgan fingerprint density at radius 2 is 1.67 bits per heavy atom. The fourth-order valence-corrected chi connectivity index (χ4v) is 6.25. The minimum atomic E-state index is -0.232. The molecule has 2 radical (unpaired) electrons. The zero-order chi connectivity index (χ0) is 30.5. The number of aromatic amines is 1. The van der Waals surface area contributed by atoms with E-state index in [9.17, 15) is 9.59 Å². The summed E-state index contributed by atoms with van der Waals surface area (Å²) in [5, 5.41) is 3.01. The molecule has 2 N–H and O–H groups in total. The van der Waals surface area contributed by atoms with E-state index in [1.165, 1.54) is 5.56 Å². The number of H-pyrrole nitrogens is 1. The zero-order valence-corrected chi connectivity index (χ0v) is 25.9. The summed E-state index contributed by atoms with van der Waals surface area (Å²) >= 11 is 0. The van der Waals surface area contributed by atoms with E-state index in [1.807, 2.05) is 19.9 Å². The van der Waals surface area contributed by atoms with Crippen LogP contribution in [-0.2, 0) is 22.6 Å². The predicted octanol–water partition coefficient (Wildman–Crippen LogP) is 3.53. The van der Waals surface area contributed by atoms with Crippen molar-refractivity contribution in [2.24, 2.45) is 0 Å². The average Bonchev–Trinajstić information content (AvgIpc) is 3.02. The lowest BCUT2D eigenvalue weighted by Crippen LogP contribution is -2.40. The van der Waals surface area contributed by atoms with Crippen LogP contribution < -0.4 is 21.2 Å². The van der Waals surface area contributed by atoms with Crippen molar-refractivity contribution in [3.63, 3.8) is 0 Å². The van der Waals surface area contributed by atoms with Crippen LogP contribution in [0.25, 0.3) is 11.1 Å². The molecule has 2 fully saturated rings. The van der Waals surface area contributed by atoms with E-state index in [4.69, 9.17) is 17.3 Å². The van der Waals surface area contributed by atoms with Gasteiger partial charge < -0.3 is 24.7 Å². The molecule has 1 amide bonds. The van der Waals surface area contributed by atoms with Gasteiger partial charge in [-0.25, -0.2) is 0 Å². The summed E-state index contributed by atoms with van der Waals surface area (Å²) in [5.41, 5.74) is 7.99. The smallest absolute Gasteiger partial charge is 0.253 e. The van der Waals surface area contributed by atoms with Crippen LogP contribution in [-0.4, -0.2) is 75.7 Å². The van der Waals surface area contributed by atoms with E-state index in [0.29, 0.717) is 33.9 Å². The molecule has 8 nitrogen and oxygen atoms in total. The number of carbonyl (C=O) groups excluding carboxylic acids is 1. The van der Waals surface area contributed by atoms with Crippen LogP contribution in [0, 0.1) is 20.8 Å². The van der Waals surface area contributed by atoms with Crippen molar-refractivity contribution >= 4 is 24.9 Å². The Balaban J connectivity index is 1.47. The maximum Gasteiger partial charge on any atom is 0.253 e. The Labute approximate surface area is 256 Å². The molecule has 9 heteroatoms. The number of hydrogen-bond acceptors (Lipinski definition) is 6. The van der Waals surface area contributed by atoms with Gasteiger partial charge in [0.25, 0.3) is 11.5 Å². The fraction of sp³-hybridized carbons (Fsp3) is 0.471. The maximum absolute atomic E-state index is 13.8. The first-order valence-corrected chi connectivity index (χ1v) is 15.4. The quantitative estimate of drug-likeness (QED) is 0.376. The highest BCUT2D eigenvalue weighted by Crippen LogP contribution is 2.34. The van der Waals surface area contributed by atoms with Gasteiger partial charge in [-0.2, -0.15) is 0 Å². The number of ether oxygens (including phenoxy) is 2. The number of carbonyl (C=O) groups is 1. The van der Waals surface area contributed by atoms with Gasteiger partial charge in [0, 0.05) is 74.5 Å². The molecule has 2 aromatic carbocycles. The van der Waals surface area contributed by atoms with E-state index >= 15 is 0 Å². The van der Waals surface area contributed by atoms with Gasteiger partial charge in [-0.1, -0.05) is 29.7 Å². The van der Waals surface area contributed by atoms with Crippen LogP contribution in [0.3, 0.4) is 0 Å². The molecule has 0 unspecified atom stereocenters. The van der Waals surface area contributed by atoms with Crippen molar-refractivity contribution in [2.75, 3.05) is 51.0 Å². The number of amides is 1. The van der Waals surface area contributed by atoms with Crippen molar-refractivity contribution in [3.05, 3.63) is 80.3 Å². The van der Waals surface area contributed by atoms with Gasteiger partial charge in [0.05, 0.1) is 13.2 Å². The summed E-state index contributed by atoms with van der Waals surface area (Å²) in [5.74, 6) is -0.217. The van der Waals surface area contributed by atoms with Crippen LogP contribution in [0.4, 0.5) is 5.69 Å². The largest absolute Gasteiger partial charge is 0.381 e. The van der Waals surface area contributed by atoms with Crippen LogP contribution >= 0.6 is 0 Å². The summed E-state index contributed by atoms with van der Waals surface area (Å²) < 4.78 is 11.1. The minimum absolute atomic E-state index is 0.0944. The number of aromatic nitrogens is 1. The summed E-state index contributed by atoms with van der Waals surface area (Å²) in [6.07, 6.45) is 1.90. The van der Waals surface area contributed by atoms with Crippen molar-refractivity contribution in [3.8, 4) is 11.1 Å². The van der Waals surface area contributed by atoms with Gasteiger partial charge in [0.1, 0.15) is 7.85 Å². The first kappa shape index (κ1) is 31.0. The second-order valence-corrected chi connectivity index (χ2v) is 11.7. The van der Waals surface area contributed by atoms with Crippen LogP contribution in [0.5, 0.6) is 0 Å². The second kappa shape index (κ2) is 13.9. The summed E-state index contributed by atoms with van der Waals surface area (Å²) in [6.45, 7) is 14.5. The lowest BCUT2D eigenvalue weighted by atomic mass is 9.87. The highest BCUT2D eigenvalue weighted by atomic mass is 16.5. The number of aryl methyl sites for hydroxylation is 1. The summed E-state index contributed by atoms with van der Waals surface area (Å²) in [4.78, 5) is 34.1. The number of anilines is 1. The number of morpholine rings is 1. The van der Waals surface area contributed by atoms with E-state index < -0.39 is 0 Å². The molecular formula is C34H43BN4O4. The molecule has 5 rings (SSSR count). The number of nitrogens with zero attached hydrogens (tertiary/aromatic N) is 2. The third-order valence-corrected chi connectivity index (χ3v) is 8.97. The molecule has 226 valence electrons. The van der Waals surface area contributed by atoms with E-state index in [-0.39, 0.29) is 18.0 Å². The van der Waals surface area contributed by atoms with E-state index in [2.05, 4.69) is 57.4 Å². The first-order chi connectivity index (χ1) is 20.8. The van der Waals surface area contributed by atoms with E-state index in [1.54, 1.807) is 6.92 Å². The summed E-state index contributed by atoms with van der Waals surface area (Å²) in [7, 11) is 6.17. The van der Waals surface area contributed by atoms with Gasteiger partial charge in [0.2, 0.25) is 0 Å². The molecule has 0 saturated carbocycles. The Morgan fingerprint density at radius 3 is 2.35 bits per heavy atom. The topological polar surface area (TPSA) is 86.9 Å². The first-order valence-electron chi connectivity index (χ1n) is 15.4. The number of pyridine rings is 1. The molecule has 1 aromatic heterocycles. The third-order valence-electron chi connectivity index (χ3n) is 8.97. The molecule has 0 aliphatic carbocycles. The van der Waals surface area contributed by atoms with Gasteiger partial charge in [-0.05, 0) is 80.5 Å². The average molecular weight is 583 g/mol. The molecule has 43 heavy (non-hydrogen) atoms. The van der Waals surface area contributed by atoms with Gasteiger partial charge in [0.15, 0.2) is 0 Å². The molecular weight excluding hydrogens is 539 g/mol. The Hall–Kier alpha value is -3.40. The third kappa shape index (κ3) is 7.06. The fourth-order valence-electron chi connectivity index (χ4n) is 6.25. The SMILES string of the molecule is [B]c1c(C)[nH]c(=O)c(CNC(=O)c2cc(-c3ccc(CN4CCOCC4)cc3)cc(N(CC)C3CCOCC3)c2C)c1C. The maximum atomic E-state index is 13.8. The zero-order valence-electron chi connectivity index (χ0n) is 25.9. The van der Waals surface area contributed by atoms with Crippen LogP contribution in [0.15, 0.2) is 41.2 Å². The lowest BCUT2D eigenvalue weighted by Gasteiger charge is -2.37. The molecule has 2 aliphatic rings. The molecule has 2 aliphatic heterocycles. The predicted molar refractivity (Wildman–Crippen MR) is 173 cm³/mol. The van der Waals surface area contributed by atoms with Crippen LogP contribution in [0.2, 0.25) is 0 Å².